The molecule has 0 spiro atoms. The molecular weight excluding hydrogens is 202 g/mol. The van der Waals surface area contributed by atoms with E-state index in [9.17, 15) is 5.11 Å². The van der Waals surface area contributed by atoms with Crippen LogP contribution >= 0.6 is 0 Å². The lowest BCUT2D eigenvalue weighted by atomic mass is 10.00. The SMILES string of the molecule is Cc1cnc(N2CC3CCC(O)C3C2)nc1. The minimum atomic E-state index is -0.111. The molecule has 3 unspecified atom stereocenters. The van der Waals surface area contributed by atoms with Crippen molar-refractivity contribution in [3.8, 4) is 0 Å². The zero-order chi connectivity index (χ0) is 11.1. The Kier molecular flexibility index (Phi) is 2.32. The smallest absolute Gasteiger partial charge is 0.225 e. The van der Waals surface area contributed by atoms with Crippen molar-refractivity contribution in [3.05, 3.63) is 18.0 Å². The molecule has 1 N–H and O–H groups in total. The molecule has 0 radical (unpaired) electrons. The van der Waals surface area contributed by atoms with Gasteiger partial charge in [-0.2, -0.15) is 0 Å². The van der Waals surface area contributed by atoms with Gasteiger partial charge in [-0.15, -0.1) is 0 Å². The summed E-state index contributed by atoms with van der Waals surface area (Å²) in [6.07, 6.45) is 5.71. The Morgan fingerprint density at radius 3 is 2.69 bits per heavy atom. The summed E-state index contributed by atoms with van der Waals surface area (Å²) in [7, 11) is 0. The predicted molar refractivity (Wildman–Crippen MR) is 61.2 cm³/mol. The fourth-order valence-corrected chi connectivity index (χ4v) is 2.95. The highest BCUT2D eigenvalue weighted by molar-refractivity contribution is 5.33. The van der Waals surface area contributed by atoms with E-state index in [1.807, 2.05) is 19.3 Å². The number of nitrogens with zero attached hydrogens (tertiary/aromatic N) is 3. The molecule has 86 valence electrons. The number of fused-ring (bicyclic) bond motifs is 1. The van der Waals surface area contributed by atoms with Gasteiger partial charge in [0.1, 0.15) is 0 Å². The molecular formula is C12H17N3O. The van der Waals surface area contributed by atoms with Crippen molar-refractivity contribution in [1.29, 1.82) is 0 Å². The zero-order valence-electron chi connectivity index (χ0n) is 9.50. The third kappa shape index (κ3) is 1.57. The zero-order valence-corrected chi connectivity index (χ0v) is 9.50. The van der Waals surface area contributed by atoms with Gasteiger partial charge in [-0.25, -0.2) is 9.97 Å². The molecule has 0 bridgehead atoms. The van der Waals surface area contributed by atoms with Gasteiger partial charge in [0.05, 0.1) is 6.10 Å². The molecule has 3 atom stereocenters. The maximum absolute atomic E-state index is 9.84. The summed E-state index contributed by atoms with van der Waals surface area (Å²) in [6, 6.07) is 0. The topological polar surface area (TPSA) is 49.2 Å². The van der Waals surface area contributed by atoms with E-state index in [-0.39, 0.29) is 6.10 Å². The fraction of sp³-hybridized carbons (Fsp3) is 0.667. The molecule has 1 aromatic heterocycles. The van der Waals surface area contributed by atoms with E-state index in [0.29, 0.717) is 11.8 Å². The van der Waals surface area contributed by atoms with Crippen molar-refractivity contribution in [3.63, 3.8) is 0 Å². The molecule has 3 rings (SSSR count). The molecule has 4 nitrogen and oxygen atoms in total. The highest BCUT2D eigenvalue weighted by Gasteiger charge is 2.42. The van der Waals surface area contributed by atoms with Crippen molar-refractivity contribution < 1.29 is 5.11 Å². The van der Waals surface area contributed by atoms with E-state index in [1.54, 1.807) is 0 Å². The number of aryl methyl sites for hydroxylation is 1. The van der Waals surface area contributed by atoms with Gasteiger partial charge in [-0.1, -0.05) is 0 Å². The molecule has 2 aliphatic rings. The van der Waals surface area contributed by atoms with Gasteiger partial charge in [0.2, 0.25) is 5.95 Å². The quantitative estimate of drug-likeness (QED) is 0.765. The number of rotatable bonds is 1. The Morgan fingerprint density at radius 1 is 1.25 bits per heavy atom. The third-order valence-electron chi connectivity index (χ3n) is 3.87. The van der Waals surface area contributed by atoms with Crippen molar-refractivity contribution >= 4 is 5.95 Å². The van der Waals surface area contributed by atoms with Crippen molar-refractivity contribution in [2.24, 2.45) is 11.8 Å². The van der Waals surface area contributed by atoms with Crippen LogP contribution in [0.1, 0.15) is 18.4 Å². The van der Waals surface area contributed by atoms with Crippen LogP contribution in [0.4, 0.5) is 5.95 Å². The largest absolute Gasteiger partial charge is 0.393 e. The Bertz CT molecular complexity index is 378. The molecule has 1 saturated carbocycles. The van der Waals surface area contributed by atoms with Gasteiger partial charge in [0, 0.05) is 31.4 Å². The van der Waals surface area contributed by atoms with Crippen LogP contribution in [0.25, 0.3) is 0 Å². The molecule has 1 aliphatic heterocycles. The molecule has 4 heteroatoms. The lowest BCUT2D eigenvalue weighted by Crippen LogP contribution is -2.25. The summed E-state index contributed by atoms with van der Waals surface area (Å²) in [5, 5.41) is 9.84. The average molecular weight is 219 g/mol. The summed E-state index contributed by atoms with van der Waals surface area (Å²) < 4.78 is 0. The fourth-order valence-electron chi connectivity index (χ4n) is 2.95. The van der Waals surface area contributed by atoms with E-state index in [1.165, 1.54) is 0 Å². The maximum Gasteiger partial charge on any atom is 0.225 e. The van der Waals surface area contributed by atoms with Crippen LogP contribution in [0, 0.1) is 18.8 Å². The highest BCUT2D eigenvalue weighted by Crippen LogP contribution is 2.38. The summed E-state index contributed by atoms with van der Waals surface area (Å²) >= 11 is 0. The van der Waals surface area contributed by atoms with E-state index in [4.69, 9.17) is 0 Å². The third-order valence-corrected chi connectivity index (χ3v) is 3.87. The van der Waals surface area contributed by atoms with E-state index < -0.39 is 0 Å². The van der Waals surface area contributed by atoms with Crippen molar-refractivity contribution in [2.75, 3.05) is 18.0 Å². The summed E-state index contributed by atoms with van der Waals surface area (Å²) in [5.74, 6) is 1.89. The molecule has 16 heavy (non-hydrogen) atoms. The standard InChI is InChI=1S/C12H17N3O/c1-8-4-13-12(14-5-8)15-6-9-2-3-11(16)10(9)7-15/h4-5,9-11,16H,2-3,6-7H2,1H3. The molecule has 0 amide bonds. The minimum Gasteiger partial charge on any atom is -0.393 e. The molecule has 1 saturated heterocycles. The van der Waals surface area contributed by atoms with Gasteiger partial charge in [-0.05, 0) is 31.2 Å². The first-order chi connectivity index (χ1) is 7.74. The van der Waals surface area contributed by atoms with E-state index >= 15 is 0 Å². The second kappa shape index (κ2) is 3.70. The average Bonchev–Trinajstić information content (AvgIpc) is 2.83. The van der Waals surface area contributed by atoms with Crippen LogP contribution in [0.5, 0.6) is 0 Å². The molecule has 2 fully saturated rings. The summed E-state index contributed by atoms with van der Waals surface area (Å²) in [5.41, 5.74) is 1.09. The van der Waals surface area contributed by atoms with Crippen LogP contribution in [0.2, 0.25) is 0 Å². The molecule has 2 heterocycles. The van der Waals surface area contributed by atoms with Gasteiger partial charge < -0.3 is 10.0 Å². The van der Waals surface area contributed by atoms with Crippen molar-refractivity contribution in [2.45, 2.75) is 25.9 Å². The summed E-state index contributed by atoms with van der Waals surface area (Å²) in [4.78, 5) is 10.9. The van der Waals surface area contributed by atoms with E-state index in [2.05, 4.69) is 14.9 Å². The van der Waals surface area contributed by atoms with Crippen LogP contribution in [-0.4, -0.2) is 34.3 Å². The normalized spacial score (nSPS) is 33.1. The van der Waals surface area contributed by atoms with Gasteiger partial charge in [0.25, 0.3) is 0 Å². The Labute approximate surface area is 95.3 Å². The first-order valence-corrected chi connectivity index (χ1v) is 5.95. The summed E-state index contributed by atoms with van der Waals surface area (Å²) in [6.45, 7) is 3.91. The lowest BCUT2D eigenvalue weighted by Gasteiger charge is -2.17. The Morgan fingerprint density at radius 2 is 2.00 bits per heavy atom. The molecule has 1 aliphatic carbocycles. The second-order valence-electron chi connectivity index (χ2n) is 5.03. The van der Waals surface area contributed by atoms with Gasteiger partial charge in [0.15, 0.2) is 0 Å². The van der Waals surface area contributed by atoms with Crippen LogP contribution in [-0.2, 0) is 0 Å². The van der Waals surface area contributed by atoms with Crippen molar-refractivity contribution in [1.82, 2.24) is 9.97 Å². The van der Waals surface area contributed by atoms with Gasteiger partial charge in [-0.3, -0.25) is 0 Å². The number of hydrogen-bond donors (Lipinski definition) is 1. The van der Waals surface area contributed by atoms with E-state index in [0.717, 1.165) is 37.4 Å². The highest BCUT2D eigenvalue weighted by atomic mass is 16.3. The minimum absolute atomic E-state index is 0.111. The number of anilines is 1. The number of aromatic nitrogens is 2. The van der Waals surface area contributed by atoms with Crippen LogP contribution < -0.4 is 4.90 Å². The predicted octanol–water partition coefficient (Wildman–Crippen LogP) is 0.992. The Hall–Kier alpha value is -1.16. The van der Waals surface area contributed by atoms with Gasteiger partial charge >= 0.3 is 0 Å². The lowest BCUT2D eigenvalue weighted by molar-refractivity contribution is 0.133. The van der Waals surface area contributed by atoms with Crippen LogP contribution in [0.15, 0.2) is 12.4 Å². The number of hydrogen-bond acceptors (Lipinski definition) is 4. The first-order valence-electron chi connectivity index (χ1n) is 5.95. The number of aliphatic hydroxyl groups is 1. The Balaban J connectivity index is 1.76. The molecule has 1 aromatic rings. The monoisotopic (exact) mass is 219 g/mol. The second-order valence-corrected chi connectivity index (χ2v) is 5.03. The van der Waals surface area contributed by atoms with Crippen LogP contribution in [0.3, 0.4) is 0 Å². The number of aliphatic hydroxyl groups excluding tert-OH is 1. The molecule has 0 aromatic carbocycles. The maximum atomic E-state index is 9.84. The first kappa shape index (κ1) is 10.0.